The van der Waals surface area contributed by atoms with Gasteiger partial charge in [0.1, 0.15) is 6.04 Å². The van der Waals surface area contributed by atoms with Crippen molar-refractivity contribution < 1.29 is 26.4 Å². The van der Waals surface area contributed by atoms with E-state index in [2.05, 4.69) is 10.6 Å². The number of carbonyl (C=O) groups is 1. The largest absolute Gasteiger partial charge is 0.416 e. The zero-order chi connectivity index (χ0) is 23.6. The molecule has 0 fully saturated rings. The van der Waals surface area contributed by atoms with E-state index in [4.69, 9.17) is 11.6 Å². The van der Waals surface area contributed by atoms with Crippen LogP contribution in [0.15, 0.2) is 47.4 Å². The minimum absolute atomic E-state index is 0.141. The van der Waals surface area contributed by atoms with Crippen LogP contribution in [0.5, 0.6) is 0 Å². The molecule has 2 rings (SSSR count). The van der Waals surface area contributed by atoms with Gasteiger partial charge >= 0.3 is 6.18 Å². The number of anilines is 1. The van der Waals surface area contributed by atoms with Crippen molar-refractivity contribution in [2.45, 2.75) is 43.9 Å². The van der Waals surface area contributed by atoms with Crippen LogP contribution >= 0.6 is 11.6 Å². The van der Waals surface area contributed by atoms with E-state index < -0.39 is 33.7 Å². The van der Waals surface area contributed by atoms with E-state index in [0.29, 0.717) is 5.56 Å². The molecule has 0 aliphatic rings. The van der Waals surface area contributed by atoms with Gasteiger partial charge in [-0.2, -0.15) is 13.2 Å². The van der Waals surface area contributed by atoms with Crippen LogP contribution in [0.3, 0.4) is 0 Å². The molecule has 0 saturated heterocycles. The Bertz CT molecular complexity index is 1040. The molecule has 0 aliphatic carbocycles. The summed E-state index contributed by atoms with van der Waals surface area (Å²) in [4.78, 5) is 13.0. The minimum atomic E-state index is -4.51. The summed E-state index contributed by atoms with van der Waals surface area (Å²) in [6.45, 7) is 5.33. The summed E-state index contributed by atoms with van der Waals surface area (Å²) in [5, 5.41) is 5.62. The maximum absolute atomic E-state index is 12.8. The zero-order valence-electron chi connectivity index (χ0n) is 17.4. The van der Waals surface area contributed by atoms with Crippen LogP contribution in [0.25, 0.3) is 0 Å². The lowest BCUT2D eigenvalue weighted by Crippen LogP contribution is -2.44. The highest BCUT2D eigenvalue weighted by molar-refractivity contribution is 7.90. The molecule has 0 saturated carbocycles. The fourth-order valence-electron chi connectivity index (χ4n) is 2.90. The third-order valence-electron chi connectivity index (χ3n) is 4.72. The van der Waals surface area contributed by atoms with Crippen LogP contribution in [-0.2, 0) is 20.8 Å². The van der Waals surface area contributed by atoms with Gasteiger partial charge in [0, 0.05) is 6.26 Å². The molecule has 5 nitrogen and oxygen atoms in total. The number of hydrogen-bond acceptors (Lipinski definition) is 4. The first-order chi connectivity index (χ1) is 14.2. The predicted molar refractivity (Wildman–Crippen MR) is 115 cm³/mol. The molecule has 2 atom stereocenters. The first-order valence-corrected chi connectivity index (χ1v) is 11.7. The van der Waals surface area contributed by atoms with Crippen LogP contribution < -0.4 is 10.6 Å². The summed E-state index contributed by atoms with van der Waals surface area (Å²) in [6, 6.07) is 7.89. The molecular weight excluding hydrogens is 453 g/mol. The summed E-state index contributed by atoms with van der Waals surface area (Å²) in [6.07, 6.45) is -3.41. The molecule has 1 amide bonds. The van der Waals surface area contributed by atoms with Gasteiger partial charge in [-0.15, -0.1) is 0 Å². The second kappa shape index (κ2) is 9.48. The Morgan fingerprint density at radius 2 is 1.61 bits per heavy atom. The lowest BCUT2D eigenvalue weighted by molar-refractivity contribution is -0.137. The van der Waals surface area contributed by atoms with E-state index in [9.17, 15) is 26.4 Å². The van der Waals surface area contributed by atoms with Crippen molar-refractivity contribution in [2.24, 2.45) is 5.92 Å². The molecular formula is C21H24ClF3N2O3S. The molecule has 0 aromatic heterocycles. The number of sulfone groups is 1. The molecule has 2 N–H and O–H groups in total. The second-order valence-electron chi connectivity index (χ2n) is 7.63. The summed E-state index contributed by atoms with van der Waals surface area (Å²) in [5.41, 5.74) is 0.0456. The number of carbonyl (C=O) groups excluding carboxylic acids is 1. The zero-order valence-corrected chi connectivity index (χ0v) is 19.0. The number of benzene rings is 2. The summed E-state index contributed by atoms with van der Waals surface area (Å²) in [5.74, 6) is -0.566. The third kappa shape index (κ3) is 6.61. The van der Waals surface area contributed by atoms with Gasteiger partial charge < -0.3 is 10.6 Å². The van der Waals surface area contributed by atoms with E-state index in [1.807, 2.05) is 0 Å². The van der Waals surface area contributed by atoms with Crippen molar-refractivity contribution in [3.63, 3.8) is 0 Å². The van der Waals surface area contributed by atoms with Crippen LogP contribution in [-0.4, -0.2) is 26.6 Å². The number of halogens is 4. The van der Waals surface area contributed by atoms with Gasteiger partial charge in [-0.05, 0) is 48.7 Å². The molecule has 2 aromatic carbocycles. The highest BCUT2D eigenvalue weighted by Gasteiger charge is 2.31. The van der Waals surface area contributed by atoms with E-state index in [0.717, 1.165) is 18.4 Å². The normalized spacial score (nSPS) is 14.2. The number of nitrogens with one attached hydrogen (secondary N) is 2. The van der Waals surface area contributed by atoms with Crippen LogP contribution in [0.1, 0.15) is 37.9 Å². The minimum Gasteiger partial charge on any atom is -0.372 e. The van der Waals surface area contributed by atoms with Gasteiger partial charge in [0.2, 0.25) is 5.91 Å². The molecule has 170 valence electrons. The van der Waals surface area contributed by atoms with E-state index in [-0.39, 0.29) is 27.4 Å². The van der Waals surface area contributed by atoms with Crippen molar-refractivity contribution >= 4 is 33.0 Å². The van der Waals surface area contributed by atoms with Crippen molar-refractivity contribution in [1.82, 2.24) is 5.32 Å². The Labute approximate surface area is 184 Å². The van der Waals surface area contributed by atoms with Gasteiger partial charge in [-0.1, -0.05) is 37.6 Å². The fraction of sp³-hybridized carbons (Fsp3) is 0.381. The molecule has 0 bridgehead atoms. The monoisotopic (exact) mass is 476 g/mol. The average Bonchev–Trinajstić information content (AvgIpc) is 2.65. The summed E-state index contributed by atoms with van der Waals surface area (Å²) < 4.78 is 61.7. The number of alkyl halides is 3. The van der Waals surface area contributed by atoms with Gasteiger partial charge in [-0.3, -0.25) is 4.79 Å². The van der Waals surface area contributed by atoms with E-state index in [1.54, 1.807) is 32.9 Å². The third-order valence-corrected chi connectivity index (χ3v) is 6.16. The molecule has 0 radical (unpaired) electrons. The van der Waals surface area contributed by atoms with E-state index >= 15 is 0 Å². The topological polar surface area (TPSA) is 75.3 Å². The lowest BCUT2D eigenvalue weighted by atomic mass is 10.0. The SMILES string of the molecule is CC(NC(=O)[C@@H](Nc1ccc(C(F)(F)F)cc1Cl)C(C)C)c1ccc(S(C)(=O)=O)cc1. The Morgan fingerprint density at radius 1 is 1.03 bits per heavy atom. The summed E-state index contributed by atoms with van der Waals surface area (Å²) in [7, 11) is -3.32. The van der Waals surface area contributed by atoms with Crippen LogP contribution in [0.4, 0.5) is 18.9 Å². The van der Waals surface area contributed by atoms with Crippen molar-refractivity contribution in [2.75, 3.05) is 11.6 Å². The Morgan fingerprint density at radius 3 is 2.06 bits per heavy atom. The lowest BCUT2D eigenvalue weighted by Gasteiger charge is -2.26. The highest BCUT2D eigenvalue weighted by Crippen LogP contribution is 2.34. The molecule has 2 aromatic rings. The standard InChI is InChI=1S/C21H24ClF3N2O3S/c1-12(2)19(27-18-10-7-15(11-17(18)22)21(23,24)25)20(28)26-13(3)14-5-8-16(9-6-14)31(4,29)30/h5-13,19,27H,1-4H3,(H,26,28)/t13?,19-/m0/s1. The van der Waals surface area contributed by atoms with Crippen LogP contribution in [0, 0.1) is 5.92 Å². The quantitative estimate of drug-likeness (QED) is 0.584. The Kier molecular flexibility index (Phi) is 7.65. The summed E-state index contributed by atoms with van der Waals surface area (Å²) >= 11 is 6.00. The smallest absolute Gasteiger partial charge is 0.372 e. The van der Waals surface area contributed by atoms with E-state index in [1.165, 1.54) is 18.2 Å². The highest BCUT2D eigenvalue weighted by atomic mass is 35.5. The molecule has 0 spiro atoms. The Balaban J connectivity index is 2.15. The molecule has 1 unspecified atom stereocenters. The molecule has 31 heavy (non-hydrogen) atoms. The van der Waals surface area contributed by atoms with Crippen molar-refractivity contribution in [3.05, 3.63) is 58.6 Å². The first-order valence-electron chi connectivity index (χ1n) is 9.44. The maximum atomic E-state index is 12.8. The average molecular weight is 477 g/mol. The van der Waals surface area contributed by atoms with Crippen molar-refractivity contribution in [3.8, 4) is 0 Å². The number of amides is 1. The van der Waals surface area contributed by atoms with Crippen LogP contribution in [0.2, 0.25) is 5.02 Å². The first kappa shape index (κ1) is 25.0. The molecule has 10 heteroatoms. The number of hydrogen-bond donors (Lipinski definition) is 2. The Hall–Kier alpha value is -2.26. The van der Waals surface area contributed by atoms with Gasteiger partial charge in [-0.25, -0.2) is 8.42 Å². The molecule has 0 heterocycles. The van der Waals surface area contributed by atoms with Gasteiger partial charge in [0.15, 0.2) is 9.84 Å². The van der Waals surface area contributed by atoms with Gasteiger partial charge in [0.25, 0.3) is 0 Å². The molecule has 0 aliphatic heterocycles. The fourth-order valence-corrected chi connectivity index (χ4v) is 3.77. The van der Waals surface area contributed by atoms with Crippen molar-refractivity contribution in [1.29, 1.82) is 0 Å². The number of rotatable bonds is 7. The maximum Gasteiger partial charge on any atom is 0.416 e. The van der Waals surface area contributed by atoms with Gasteiger partial charge in [0.05, 0.1) is 27.2 Å². The second-order valence-corrected chi connectivity index (χ2v) is 10.1. The predicted octanol–water partition coefficient (Wildman–Crippen LogP) is 5.08.